The Kier molecular flexibility index (Phi) is 4.85. The number of rotatable bonds is 5. The number of hydrogen-bond acceptors (Lipinski definition) is 5. The van der Waals surface area contributed by atoms with Crippen molar-refractivity contribution < 1.29 is 22.7 Å². The van der Waals surface area contributed by atoms with Crippen molar-refractivity contribution in [1.82, 2.24) is 3.97 Å². The Hall–Kier alpha value is -2.61. The molecule has 1 aromatic heterocycles. The lowest BCUT2D eigenvalue weighted by Crippen LogP contribution is -2.19. The number of esters is 1. The lowest BCUT2D eigenvalue weighted by atomic mass is 10.3. The number of ether oxygens (including phenoxy) is 1. The van der Waals surface area contributed by atoms with E-state index in [1.54, 1.807) is 6.92 Å². The van der Waals surface area contributed by atoms with Gasteiger partial charge in [-0.2, -0.15) is 0 Å². The van der Waals surface area contributed by atoms with Gasteiger partial charge in [0.25, 0.3) is 10.0 Å². The molecule has 0 unspecified atom stereocenters. The third-order valence-corrected chi connectivity index (χ3v) is 4.63. The van der Waals surface area contributed by atoms with Gasteiger partial charge in [-0.05, 0) is 43.3 Å². The van der Waals surface area contributed by atoms with Crippen LogP contribution >= 0.6 is 0 Å². The van der Waals surface area contributed by atoms with E-state index in [0.717, 1.165) is 3.97 Å². The fraction of sp³-hybridized carbons (Fsp3) is 0.200. The topological polar surface area (TPSA) is 94.5 Å². The number of aromatic nitrogens is 1. The second-order valence-electron chi connectivity index (χ2n) is 4.62. The molecule has 7 nitrogen and oxygen atoms in total. The van der Waals surface area contributed by atoms with Crippen molar-refractivity contribution in [2.24, 2.45) is 0 Å². The van der Waals surface area contributed by atoms with Gasteiger partial charge in [-0.15, -0.1) is 0 Å². The number of nitrogens with one attached hydrogen (secondary N) is 1. The smallest absolute Gasteiger partial charge is 0.355 e. The van der Waals surface area contributed by atoms with Crippen molar-refractivity contribution >= 4 is 27.6 Å². The van der Waals surface area contributed by atoms with E-state index >= 15 is 0 Å². The maximum Gasteiger partial charge on any atom is 0.355 e. The van der Waals surface area contributed by atoms with Crippen LogP contribution in [0.4, 0.5) is 5.69 Å². The number of benzene rings is 1. The van der Waals surface area contributed by atoms with E-state index in [0.29, 0.717) is 5.69 Å². The minimum atomic E-state index is -3.93. The molecule has 0 fully saturated rings. The highest BCUT2D eigenvalue weighted by molar-refractivity contribution is 7.90. The zero-order valence-corrected chi connectivity index (χ0v) is 13.5. The van der Waals surface area contributed by atoms with Gasteiger partial charge in [-0.3, -0.25) is 4.79 Å². The summed E-state index contributed by atoms with van der Waals surface area (Å²) in [6.07, 6.45) is 1.28. The first kappa shape index (κ1) is 16.8. The average Bonchev–Trinajstić information content (AvgIpc) is 2.97. The number of carbonyl (C=O) groups is 2. The number of anilines is 1. The second-order valence-corrected chi connectivity index (χ2v) is 6.44. The van der Waals surface area contributed by atoms with Gasteiger partial charge in [0.1, 0.15) is 5.69 Å². The van der Waals surface area contributed by atoms with Crippen LogP contribution in [0.2, 0.25) is 0 Å². The van der Waals surface area contributed by atoms with Gasteiger partial charge in [-0.25, -0.2) is 17.2 Å². The average molecular weight is 336 g/mol. The van der Waals surface area contributed by atoms with E-state index in [-0.39, 0.29) is 23.1 Å². The molecule has 2 aromatic rings. The Balaban J connectivity index is 2.37. The van der Waals surface area contributed by atoms with Crippen LogP contribution < -0.4 is 5.32 Å². The van der Waals surface area contributed by atoms with Crippen molar-refractivity contribution in [3.63, 3.8) is 0 Å². The highest BCUT2D eigenvalue weighted by Gasteiger charge is 2.23. The Morgan fingerprint density at radius 1 is 1.17 bits per heavy atom. The predicted octanol–water partition coefficient (Wildman–Crippen LogP) is 1.86. The zero-order valence-electron chi connectivity index (χ0n) is 12.6. The van der Waals surface area contributed by atoms with Gasteiger partial charge in [0.15, 0.2) is 0 Å². The Morgan fingerprint density at radius 3 is 2.39 bits per heavy atom. The standard InChI is InChI=1S/C15H16N2O5S/c1-3-22-15(19)14-5-4-10-17(14)23(20,21)13-8-6-12(7-9-13)16-11(2)18/h4-10H,3H2,1-2H3,(H,16,18). The van der Waals surface area contributed by atoms with Crippen LogP contribution in [0.15, 0.2) is 47.5 Å². The molecule has 0 bridgehead atoms. The van der Waals surface area contributed by atoms with Gasteiger partial charge in [0.2, 0.25) is 5.91 Å². The molecular weight excluding hydrogens is 320 g/mol. The van der Waals surface area contributed by atoms with Crippen molar-refractivity contribution in [2.75, 3.05) is 11.9 Å². The van der Waals surface area contributed by atoms with E-state index in [4.69, 9.17) is 4.74 Å². The molecule has 1 aromatic carbocycles. The van der Waals surface area contributed by atoms with E-state index in [2.05, 4.69) is 5.32 Å². The molecule has 1 amide bonds. The zero-order chi connectivity index (χ0) is 17.0. The lowest BCUT2D eigenvalue weighted by molar-refractivity contribution is -0.114. The number of nitrogens with zero attached hydrogens (tertiary/aromatic N) is 1. The summed E-state index contributed by atoms with van der Waals surface area (Å²) in [5.41, 5.74) is 0.410. The second kappa shape index (κ2) is 6.66. The van der Waals surface area contributed by atoms with Crippen LogP contribution in [0.1, 0.15) is 24.3 Å². The maximum atomic E-state index is 12.6. The van der Waals surface area contributed by atoms with Crippen molar-refractivity contribution in [1.29, 1.82) is 0 Å². The molecular formula is C15H16N2O5S. The van der Waals surface area contributed by atoms with E-state index in [1.807, 2.05) is 0 Å². The third kappa shape index (κ3) is 3.59. The van der Waals surface area contributed by atoms with Crippen LogP contribution in [0.3, 0.4) is 0 Å². The van der Waals surface area contributed by atoms with E-state index in [1.165, 1.54) is 49.5 Å². The molecule has 0 saturated carbocycles. The molecule has 0 aliphatic rings. The Morgan fingerprint density at radius 2 is 1.83 bits per heavy atom. The quantitative estimate of drug-likeness (QED) is 0.841. The van der Waals surface area contributed by atoms with E-state index < -0.39 is 16.0 Å². The number of amides is 1. The van der Waals surface area contributed by atoms with Crippen LogP contribution in [0.25, 0.3) is 0 Å². The largest absolute Gasteiger partial charge is 0.461 e. The van der Waals surface area contributed by atoms with Crippen LogP contribution in [0, 0.1) is 0 Å². The van der Waals surface area contributed by atoms with Crippen molar-refractivity contribution in [2.45, 2.75) is 18.7 Å². The van der Waals surface area contributed by atoms with Crippen LogP contribution in [-0.2, 0) is 19.6 Å². The molecule has 1 N–H and O–H groups in total. The number of carbonyl (C=O) groups excluding carboxylic acids is 2. The fourth-order valence-electron chi connectivity index (χ4n) is 1.97. The van der Waals surface area contributed by atoms with Gasteiger partial charge < -0.3 is 10.1 Å². The summed E-state index contributed by atoms with van der Waals surface area (Å²) < 4.78 is 31.0. The minimum Gasteiger partial charge on any atom is -0.461 e. The molecule has 122 valence electrons. The predicted molar refractivity (Wildman–Crippen MR) is 83.7 cm³/mol. The molecule has 0 saturated heterocycles. The molecule has 0 radical (unpaired) electrons. The van der Waals surface area contributed by atoms with Crippen LogP contribution in [-0.4, -0.2) is 30.9 Å². The maximum absolute atomic E-state index is 12.6. The molecule has 0 aliphatic carbocycles. The van der Waals surface area contributed by atoms with Gasteiger partial charge >= 0.3 is 5.97 Å². The summed E-state index contributed by atoms with van der Waals surface area (Å²) in [6.45, 7) is 3.14. The summed E-state index contributed by atoms with van der Waals surface area (Å²) in [4.78, 5) is 22.8. The van der Waals surface area contributed by atoms with Crippen molar-refractivity contribution in [3.8, 4) is 0 Å². The summed E-state index contributed by atoms with van der Waals surface area (Å²) in [5, 5.41) is 2.55. The summed E-state index contributed by atoms with van der Waals surface area (Å²) in [5.74, 6) is -0.966. The minimum absolute atomic E-state index is 0.00616. The highest BCUT2D eigenvalue weighted by atomic mass is 32.2. The molecule has 1 heterocycles. The van der Waals surface area contributed by atoms with Crippen molar-refractivity contribution in [3.05, 3.63) is 48.3 Å². The summed E-state index contributed by atoms with van der Waals surface area (Å²) in [6, 6.07) is 8.49. The Labute approximate surface area is 133 Å². The number of hydrogen-bond donors (Lipinski definition) is 1. The first-order valence-corrected chi connectivity index (χ1v) is 8.28. The normalized spacial score (nSPS) is 11.0. The van der Waals surface area contributed by atoms with Gasteiger partial charge in [0, 0.05) is 18.8 Å². The fourth-order valence-corrected chi connectivity index (χ4v) is 3.30. The molecule has 23 heavy (non-hydrogen) atoms. The first-order valence-electron chi connectivity index (χ1n) is 6.84. The van der Waals surface area contributed by atoms with Crippen LogP contribution in [0.5, 0.6) is 0 Å². The molecule has 0 spiro atoms. The molecule has 0 aliphatic heterocycles. The monoisotopic (exact) mass is 336 g/mol. The SMILES string of the molecule is CCOC(=O)c1cccn1S(=O)(=O)c1ccc(NC(C)=O)cc1. The molecule has 2 rings (SSSR count). The van der Waals surface area contributed by atoms with E-state index in [9.17, 15) is 18.0 Å². The summed E-state index contributed by atoms with van der Waals surface area (Å²) in [7, 11) is -3.93. The lowest BCUT2D eigenvalue weighted by Gasteiger charge is -2.10. The summed E-state index contributed by atoms with van der Waals surface area (Å²) >= 11 is 0. The third-order valence-electron chi connectivity index (χ3n) is 2.93. The Bertz CT molecular complexity index is 822. The first-order chi connectivity index (χ1) is 10.9. The highest BCUT2D eigenvalue weighted by Crippen LogP contribution is 2.19. The molecule has 8 heteroatoms. The molecule has 0 atom stereocenters. The van der Waals surface area contributed by atoms with Gasteiger partial charge in [0.05, 0.1) is 11.5 Å². The van der Waals surface area contributed by atoms with Gasteiger partial charge in [-0.1, -0.05) is 0 Å².